The van der Waals surface area contributed by atoms with Crippen molar-refractivity contribution in [1.29, 1.82) is 5.26 Å². The molecule has 0 saturated heterocycles. The van der Waals surface area contributed by atoms with E-state index in [1.54, 1.807) is 31.3 Å². The number of aromatic nitrogens is 3. The molecule has 10 heteroatoms. The number of nitrogens with zero attached hydrogens (tertiary/aromatic N) is 5. The van der Waals surface area contributed by atoms with Crippen LogP contribution in [0.3, 0.4) is 0 Å². The number of nitriles is 1. The molecular weight excluding hydrogens is 369 g/mol. The Labute approximate surface area is 156 Å². The first-order valence-corrected chi connectivity index (χ1v) is 9.60. The van der Waals surface area contributed by atoms with Gasteiger partial charge in [0.15, 0.2) is 11.5 Å². The Morgan fingerprint density at radius 3 is 2.81 bits per heavy atom. The van der Waals surface area contributed by atoms with Crippen LogP contribution in [0.15, 0.2) is 29.8 Å². The van der Waals surface area contributed by atoms with Crippen molar-refractivity contribution in [2.45, 2.75) is 26.9 Å². The van der Waals surface area contributed by atoms with Crippen molar-refractivity contribution in [3.63, 3.8) is 0 Å². The Morgan fingerprint density at radius 1 is 1.56 bits per heavy atom. The van der Waals surface area contributed by atoms with Gasteiger partial charge in [0.05, 0.1) is 11.8 Å². The number of aliphatic imine (C=N–C) groups is 1. The Kier molecular flexibility index (Phi) is 6.41. The first-order chi connectivity index (χ1) is 12.7. The Hall–Kier alpha value is -2.63. The van der Waals surface area contributed by atoms with Gasteiger partial charge in [-0.25, -0.2) is 14.2 Å². The van der Waals surface area contributed by atoms with Crippen LogP contribution >= 0.6 is 7.82 Å². The molecule has 2 N–H and O–H groups in total. The zero-order chi connectivity index (χ0) is 20.2. The lowest BCUT2D eigenvalue weighted by Crippen LogP contribution is -2.11. The normalized spacial score (nSPS) is 12.9. The summed E-state index contributed by atoms with van der Waals surface area (Å²) in [6.07, 6.45) is 0.631. The van der Waals surface area contributed by atoms with E-state index in [1.165, 1.54) is 11.6 Å². The molecule has 9 nitrogen and oxygen atoms in total. The van der Waals surface area contributed by atoms with Crippen molar-refractivity contribution in [2.24, 2.45) is 4.99 Å². The summed E-state index contributed by atoms with van der Waals surface area (Å²) in [4.78, 5) is 26.9. The zero-order valence-electron chi connectivity index (χ0n) is 15.2. The molecule has 1 atom stereocenters. The van der Waals surface area contributed by atoms with Crippen LogP contribution in [0.1, 0.15) is 42.6 Å². The van der Waals surface area contributed by atoms with Gasteiger partial charge in [-0.1, -0.05) is 12.6 Å². The van der Waals surface area contributed by atoms with E-state index in [4.69, 9.17) is 19.6 Å². The largest absolute Gasteiger partial charge is 0.470 e. The maximum Gasteiger partial charge on any atom is 0.470 e. The summed E-state index contributed by atoms with van der Waals surface area (Å²) in [5.41, 5.74) is 2.31. The van der Waals surface area contributed by atoms with Crippen LogP contribution in [0.4, 0.5) is 0 Å². The average molecular weight is 389 g/mol. The average Bonchev–Trinajstić information content (AvgIpc) is 2.98. The van der Waals surface area contributed by atoms with E-state index in [1.807, 2.05) is 13.0 Å². The predicted molar refractivity (Wildman–Crippen MR) is 100 cm³/mol. The lowest BCUT2D eigenvalue weighted by atomic mass is 10.1. The molecular formula is C17H20N5O4P. The standard InChI is InChI=1S/C17H20N5O4P/c1-5-19-10-11(2)16-7-6-15(13(4)26-27(23,24)25)17(20-16)22-12(3)8-14(9-18)21-22/h6-8,10,13H,2,5H2,1,3-4H3,(H2,23,24,25)/t13-/m0/s1. The lowest BCUT2D eigenvalue weighted by Gasteiger charge is -2.18. The maximum absolute atomic E-state index is 11.2. The van der Waals surface area contributed by atoms with Gasteiger partial charge in [-0.3, -0.25) is 9.52 Å². The van der Waals surface area contributed by atoms with Crippen LogP contribution in [0.5, 0.6) is 0 Å². The molecule has 0 aromatic carbocycles. The van der Waals surface area contributed by atoms with Gasteiger partial charge in [-0.15, -0.1) is 0 Å². The molecule has 142 valence electrons. The molecule has 2 rings (SSSR count). The minimum absolute atomic E-state index is 0.195. The quantitative estimate of drug-likeness (QED) is 0.549. The van der Waals surface area contributed by atoms with Crippen LogP contribution in [-0.4, -0.2) is 37.3 Å². The molecule has 0 amide bonds. The monoisotopic (exact) mass is 389 g/mol. The van der Waals surface area contributed by atoms with E-state index in [-0.39, 0.29) is 5.69 Å². The van der Waals surface area contributed by atoms with Gasteiger partial charge in [-0.05, 0) is 32.9 Å². The third-order valence-electron chi connectivity index (χ3n) is 3.60. The number of hydrogen-bond acceptors (Lipinski definition) is 6. The van der Waals surface area contributed by atoms with Crippen LogP contribution < -0.4 is 0 Å². The van der Waals surface area contributed by atoms with Crippen LogP contribution in [0.25, 0.3) is 11.4 Å². The SMILES string of the molecule is C=C(C=NCC)c1ccc([C@H](C)OP(=O)(O)O)c(-n2nc(C#N)cc2C)n1. The van der Waals surface area contributed by atoms with Gasteiger partial charge in [-0.2, -0.15) is 10.4 Å². The molecule has 0 unspecified atom stereocenters. The second kappa shape index (κ2) is 8.37. The Morgan fingerprint density at radius 2 is 2.26 bits per heavy atom. The summed E-state index contributed by atoms with van der Waals surface area (Å²) < 4.78 is 17.5. The summed E-state index contributed by atoms with van der Waals surface area (Å²) in [6, 6.07) is 6.83. The van der Waals surface area contributed by atoms with Crippen molar-refractivity contribution >= 4 is 19.6 Å². The van der Waals surface area contributed by atoms with Gasteiger partial charge >= 0.3 is 7.82 Å². The minimum atomic E-state index is -4.71. The van der Waals surface area contributed by atoms with Gasteiger partial charge in [0, 0.05) is 29.6 Å². The highest BCUT2D eigenvalue weighted by Gasteiger charge is 2.24. The Balaban J connectivity index is 2.61. The summed E-state index contributed by atoms with van der Waals surface area (Å²) in [5, 5.41) is 13.3. The molecule has 0 saturated carbocycles. The van der Waals surface area contributed by atoms with Crippen LogP contribution in [0, 0.1) is 18.3 Å². The van der Waals surface area contributed by atoms with Gasteiger partial charge in [0.25, 0.3) is 0 Å². The summed E-state index contributed by atoms with van der Waals surface area (Å²) in [6.45, 7) is 9.66. The van der Waals surface area contributed by atoms with Crippen LogP contribution in [-0.2, 0) is 9.09 Å². The van der Waals surface area contributed by atoms with E-state index in [9.17, 15) is 4.57 Å². The van der Waals surface area contributed by atoms with E-state index < -0.39 is 13.9 Å². The number of hydrogen-bond donors (Lipinski definition) is 2. The molecule has 27 heavy (non-hydrogen) atoms. The molecule has 0 radical (unpaired) electrons. The van der Waals surface area contributed by atoms with E-state index in [0.29, 0.717) is 34.9 Å². The molecule has 2 aromatic heterocycles. The van der Waals surface area contributed by atoms with Crippen LogP contribution in [0.2, 0.25) is 0 Å². The molecule has 0 fully saturated rings. The van der Waals surface area contributed by atoms with Crippen molar-refractivity contribution in [2.75, 3.05) is 6.54 Å². The van der Waals surface area contributed by atoms with Gasteiger partial charge in [0.2, 0.25) is 0 Å². The number of rotatable bonds is 7. The fourth-order valence-electron chi connectivity index (χ4n) is 2.40. The number of allylic oxidation sites excluding steroid dienone is 1. The fourth-order valence-corrected chi connectivity index (χ4v) is 2.92. The van der Waals surface area contributed by atoms with Gasteiger partial charge < -0.3 is 9.79 Å². The molecule has 0 aliphatic heterocycles. The van der Waals surface area contributed by atoms with Crippen molar-refractivity contribution in [3.05, 3.63) is 47.4 Å². The highest BCUT2D eigenvalue weighted by atomic mass is 31.2. The fraction of sp³-hybridized carbons (Fsp3) is 0.294. The third kappa shape index (κ3) is 5.18. The van der Waals surface area contributed by atoms with E-state index in [0.717, 1.165) is 0 Å². The molecule has 0 aliphatic carbocycles. The molecule has 0 bridgehead atoms. The molecule has 2 aromatic rings. The zero-order valence-corrected chi connectivity index (χ0v) is 16.1. The number of phosphoric ester groups is 1. The number of pyridine rings is 1. The number of aryl methyl sites for hydroxylation is 1. The second-order valence-corrected chi connectivity index (χ2v) is 6.89. The summed E-state index contributed by atoms with van der Waals surface area (Å²) in [7, 11) is -4.71. The second-order valence-electron chi connectivity index (χ2n) is 5.70. The minimum Gasteiger partial charge on any atom is -0.303 e. The van der Waals surface area contributed by atoms with Gasteiger partial charge in [0.1, 0.15) is 6.07 Å². The smallest absolute Gasteiger partial charge is 0.303 e. The maximum atomic E-state index is 11.2. The Bertz CT molecular complexity index is 970. The van der Waals surface area contributed by atoms with Crippen molar-refractivity contribution in [3.8, 4) is 11.9 Å². The lowest BCUT2D eigenvalue weighted by molar-refractivity contribution is 0.145. The predicted octanol–water partition coefficient (Wildman–Crippen LogP) is 2.72. The topological polar surface area (TPSA) is 134 Å². The van der Waals surface area contributed by atoms with Crippen molar-refractivity contribution < 1.29 is 18.9 Å². The number of phosphoric acid groups is 1. The summed E-state index contributed by atoms with van der Waals surface area (Å²) in [5.74, 6) is 0.290. The first kappa shape index (κ1) is 20.7. The van der Waals surface area contributed by atoms with Crippen molar-refractivity contribution in [1.82, 2.24) is 14.8 Å². The highest BCUT2D eigenvalue weighted by Crippen LogP contribution is 2.43. The first-order valence-electron chi connectivity index (χ1n) is 8.07. The molecule has 0 aliphatic rings. The third-order valence-corrected chi connectivity index (χ3v) is 4.19. The molecule has 2 heterocycles. The van der Waals surface area contributed by atoms with E-state index >= 15 is 0 Å². The highest BCUT2D eigenvalue weighted by molar-refractivity contribution is 7.46. The van der Waals surface area contributed by atoms with E-state index in [2.05, 4.69) is 21.7 Å². The molecule has 0 spiro atoms. The summed E-state index contributed by atoms with van der Waals surface area (Å²) >= 11 is 0.